The monoisotopic (exact) mass is 715 g/mol. The Morgan fingerprint density at radius 2 is 1.52 bits per heavy atom. The van der Waals surface area contributed by atoms with Crippen LogP contribution in [0.15, 0.2) is 30.8 Å². The molecule has 2 aliphatic heterocycles. The summed E-state index contributed by atoms with van der Waals surface area (Å²) in [5.74, 6) is -1.39. The van der Waals surface area contributed by atoms with Crippen molar-refractivity contribution in [2.45, 2.75) is 111 Å². The summed E-state index contributed by atoms with van der Waals surface area (Å²) in [5, 5.41) is 89.5. The summed E-state index contributed by atoms with van der Waals surface area (Å²) in [5.41, 5.74) is 18.8. The number of ether oxygens (including phenoxy) is 4. The van der Waals surface area contributed by atoms with E-state index >= 15 is 0 Å². The summed E-state index contributed by atoms with van der Waals surface area (Å²) in [7, 11) is 0. The summed E-state index contributed by atoms with van der Waals surface area (Å²) in [6.45, 7) is 2.61. The molecule has 0 spiro atoms. The molecule has 0 bridgehead atoms. The summed E-state index contributed by atoms with van der Waals surface area (Å²) < 4.78 is 23.0. The van der Waals surface area contributed by atoms with Crippen LogP contribution in [0.1, 0.15) is 28.8 Å². The lowest BCUT2D eigenvalue weighted by Crippen LogP contribution is -2.69. The highest BCUT2D eigenvalue weighted by Crippen LogP contribution is 2.32. The van der Waals surface area contributed by atoms with Crippen molar-refractivity contribution in [1.82, 2.24) is 10.6 Å². The number of hydrogen-bond donors (Lipinski definition) is 13. The Morgan fingerprint density at radius 3 is 2.14 bits per heavy atom. The van der Waals surface area contributed by atoms with Crippen LogP contribution in [-0.2, 0) is 23.7 Å². The molecule has 0 radical (unpaired) electrons. The smallest absolute Gasteiger partial charge is 0.251 e. The molecule has 0 aromatic heterocycles. The lowest BCUT2D eigenvalue weighted by molar-refractivity contribution is -0.333. The maximum atomic E-state index is 12.8. The van der Waals surface area contributed by atoms with Crippen molar-refractivity contribution in [2.24, 2.45) is 17.2 Å². The Labute approximate surface area is 287 Å². The molecule has 1 saturated carbocycles. The van der Waals surface area contributed by atoms with E-state index < -0.39 is 116 Å². The van der Waals surface area contributed by atoms with Crippen LogP contribution in [0.25, 0.3) is 6.08 Å². The third-order valence-electron chi connectivity index (χ3n) is 9.15. The Kier molecular flexibility index (Phi) is 14.2. The van der Waals surface area contributed by atoms with Crippen molar-refractivity contribution in [1.29, 1.82) is 0 Å². The first-order valence-corrected chi connectivity index (χ1v) is 16.2. The second-order valence-electron chi connectivity index (χ2n) is 12.6. The van der Waals surface area contributed by atoms with Crippen LogP contribution in [0.5, 0.6) is 0 Å². The van der Waals surface area contributed by atoms with Crippen LogP contribution < -0.4 is 27.8 Å². The molecular formula is C31H49N5O14. The molecule has 1 aliphatic carbocycles. The zero-order valence-electron chi connectivity index (χ0n) is 27.1. The van der Waals surface area contributed by atoms with Crippen LogP contribution in [0.4, 0.5) is 0 Å². The van der Waals surface area contributed by atoms with Gasteiger partial charge in [0, 0.05) is 18.2 Å². The molecule has 3 fully saturated rings. The topological polar surface area (TPSA) is 335 Å². The predicted octanol–water partition coefficient (Wildman–Crippen LogP) is -6.31. The average molecular weight is 716 g/mol. The van der Waals surface area contributed by atoms with E-state index in [1.807, 2.05) is 0 Å². The van der Waals surface area contributed by atoms with E-state index in [1.165, 1.54) is 0 Å². The molecule has 16 atom stereocenters. The fourth-order valence-electron chi connectivity index (χ4n) is 6.11. The molecular weight excluding hydrogens is 666 g/mol. The third kappa shape index (κ3) is 9.02. The lowest BCUT2D eigenvalue weighted by atomic mass is 9.83. The van der Waals surface area contributed by atoms with Gasteiger partial charge in [-0.05, 0) is 37.1 Å². The van der Waals surface area contributed by atoms with Crippen LogP contribution in [0, 0.1) is 0 Å². The van der Waals surface area contributed by atoms with E-state index in [2.05, 4.69) is 17.2 Å². The van der Waals surface area contributed by atoms with Crippen molar-refractivity contribution in [3.05, 3.63) is 42.0 Å². The van der Waals surface area contributed by atoms with Gasteiger partial charge in [0.1, 0.15) is 67.1 Å². The van der Waals surface area contributed by atoms with E-state index in [-0.39, 0.29) is 25.9 Å². The molecule has 4 rings (SSSR count). The molecule has 1 aromatic carbocycles. The van der Waals surface area contributed by atoms with Crippen LogP contribution in [0.3, 0.4) is 0 Å². The maximum absolute atomic E-state index is 12.8. The normalized spacial score (nSPS) is 39.7. The number of rotatable bonds is 13. The van der Waals surface area contributed by atoms with Crippen molar-refractivity contribution < 1.29 is 69.4 Å². The van der Waals surface area contributed by atoms with Gasteiger partial charge in [0.2, 0.25) is 5.91 Å². The standard InChI is InChI=1S/C31H49N5O14/c1-2-12-3-5-13(6-4-12)28(45)35-10-17-21(40)23(42)24(43)31(47-17)49-26-14(33)9-15(36-29(46)16(38)7-8-32)27(25(26)44)50-30-22(41)19(34)20(39)18(11-37)48-30/h2-6,14-27,30-31,37-44H,1,7-11,32-34H2,(H,35,45)(H,36,46)/t14-,15+,16-,17+,18+,19-,20+,21+,22+,23-,24+,25-,26+,27-,30+,31+/m0/s1. The number of amides is 2. The van der Waals surface area contributed by atoms with E-state index in [0.717, 1.165) is 5.56 Å². The first-order valence-electron chi connectivity index (χ1n) is 16.2. The number of carbonyl (C=O) groups is 2. The summed E-state index contributed by atoms with van der Waals surface area (Å²) in [4.78, 5) is 25.5. The van der Waals surface area contributed by atoms with Gasteiger partial charge in [-0.2, -0.15) is 0 Å². The number of carbonyl (C=O) groups excluding carboxylic acids is 2. The molecule has 19 heteroatoms. The van der Waals surface area contributed by atoms with Gasteiger partial charge in [-0.1, -0.05) is 24.8 Å². The summed E-state index contributed by atoms with van der Waals surface area (Å²) >= 11 is 0. The van der Waals surface area contributed by atoms with E-state index in [4.69, 9.17) is 36.1 Å². The summed E-state index contributed by atoms with van der Waals surface area (Å²) in [6.07, 6.45) is -19.4. The molecule has 0 unspecified atom stereocenters. The molecule has 50 heavy (non-hydrogen) atoms. The Morgan fingerprint density at radius 1 is 0.900 bits per heavy atom. The first-order chi connectivity index (χ1) is 23.7. The van der Waals surface area contributed by atoms with Gasteiger partial charge in [0.05, 0.1) is 18.7 Å². The number of aliphatic hydroxyl groups excluding tert-OH is 8. The SMILES string of the molecule is C=Cc1ccc(C(=O)NC[C@H]2O[C@H](O[C@H]3[C@H](O)[C@@H](O[C@H]4O[C@H](CO)[C@@H](O)[C@H](N)[C@H]4O)[C@H](NC(=O)[C@@H](O)CCN)C[C@@H]3N)[C@H](O)[C@@H](O)[C@@H]2O)cc1. The fraction of sp³-hybridized carbons (Fsp3) is 0.677. The number of benzene rings is 1. The number of aliphatic hydroxyl groups is 8. The first kappa shape index (κ1) is 40.1. The highest BCUT2D eigenvalue weighted by Gasteiger charge is 2.52. The lowest BCUT2D eigenvalue weighted by Gasteiger charge is -2.49. The van der Waals surface area contributed by atoms with Crippen LogP contribution >= 0.6 is 0 Å². The summed E-state index contributed by atoms with van der Waals surface area (Å²) in [6, 6.07) is 2.86. The van der Waals surface area contributed by atoms with E-state index in [1.54, 1.807) is 30.3 Å². The molecule has 282 valence electrons. The second-order valence-corrected chi connectivity index (χ2v) is 12.6. The molecule has 1 aromatic rings. The van der Waals surface area contributed by atoms with Gasteiger partial charge in [-0.25, -0.2) is 0 Å². The van der Waals surface area contributed by atoms with Crippen molar-refractivity contribution in [3.63, 3.8) is 0 Å². The Bertz CT molecular complexity index is 1280. The fourth-order valence-corrected chi connectivity index (χ4v) is 6.11. The van der Waals surface area contributed by atoms with Crippen LogP contribution in [0.2, 0.25) is 0 Å². The minimum Gasteiger partial charge on any atom is -0.394 e. The minimum atomic E-state index is -1.86. The van der Waals surface area contributed by atoms with Crippen molar-refractivity contribution in [3.8, 4) is 0 Å². The third-order valence-corrected chi connectivity index (χ3v) is 9.15. The van der Waals surface area contributed by atoms with E-state index in [0.29, 0.717) is 5.56 Å². The predicted molar refractivity (Wildman–Crippen MR) is 171 cm³/mol. The van der Waals surface area contributed by atoms with Crippen LogP contribution in [-0.4, -0.2) is 170 Å². The molecule has 2 saturated heterocycles. The second kappa shape index (κ2) is 17.7. The van der Waals surface area contributed by atoms with Crippen molar-refractivity contribution >= 4 is 17.9 Å². The number of hydrogen-bond acceptors (Lipinski definition) is 17. The van der Waals surface area contributed by atoms with Gasteiger partial charge in [-0.15, -0.1) is 0 Å². The highest BCUT2D eigenvalue weighted by atomic mass is 16.7. The van der Waals surface area contributed by atoms with E-state index in [9.17, 15) is 50.4 Å². The largest absolute Gasteiger partial charge is 0.394 e. The molecule has 2 amide bonds. The van der Waals surface area contributed by atoms with Crippen molar-refractivity contribution in [2.75, 3.05) is 19.7 Å². The zero-order chi connectivity index (χ0) is 36.9. The molecule has 19 nitrogen and oxygen atoms in total. The Balaban J connectivity index is 1.51. The van der Waals surface area contributed by atoms with Gasteiger partial charge >= 0.3 is 0 Å². The zero-order valence-corrected chi connectivity index (χ0v) is 27.1. The van der Waals surface area contributed by atoms with Gasteiger partial charge < -0.3 is 87.6 Å². The number of nitrogens with two attached hydrogens (primary N) is 3. The van der Waals surface area contributed by atoms with Gasteiger partial charge in [-0.3, -0.25) is 9.59 Å². The number of nitrogens with one attached hydrogen (secondary N) is 2. The van der Waals surface area contributed by atoms with Gasteiger partial charge in [0.15, 0.2) is 12.6 Å². The molecule has 3 aliphatic rings. The highest BCUT2D eigenvalue weighted by molar-refractivity contribution is 5.94. The molecule has 2 heterocycles. The molecule has 16 N–H and O–H groups in total. The minimum absolute atomic E-state index is 0.0140. The average Bonchev–Trinajstić information content (AvgIpc) is 3.10. The maximum Gasteiger partial charge on any atom is 0.251 e. The van der Waals surface area contributed by atoms with Gasteiger partial charge in [0.25, 0.3) is 5.91 Å². The quantitative estimate of drug-likeness (QED) is 0.0903. The Hall–Kier alpha value is -2.70.